The molecule has 0 bridgehead atoms. The van der Waals surface area contributed by atoms with Crippen LogP contribution in [0.3, 0.4) is 0 Å². The molecule has 2 heterocycles. The van der Waals surface area contributed by atoms with Crippen molar-refractivity contribution in [3.63, 3.8) is 0 Å². The van der Waals surface area contributed by atoms with Gasteiger partial charge in [-0.25, -0.2) is 9.59 Å². The van der Waals surface area contributed by atoms with E-state index in [0.29, 0.717) is 21.4 Å². The molecule has 54 heavy (non-hydrogen) atoms. The number of nitrogens with zero attached hydrogens (tertiary/aromatic N) is 1. The van der Waals surface area contributed by atoms with Crippen LogP contribution in [0.5, 0.6) is 0 Å². The van der Waals surface area contributed by atoms with Crippen LogP contribution in [0.1, 0.15) is 46.9 Å². The van der Waals surface area contributed by atoms with E-state index in [1.54, 1.807) is 13.0 Å². The molecule has 0 radical (unpaired) electrons. The Morgan fingerprint density at radius 2 is 1.61 bits per heavy atom. The molecule has 0 unspecified atom stereocenters. The number of hydrogen-bond acceptors (Lipinski definition) is 13. The van der Waals surface area contributed by atoms with Gasteiger partial charge in [-0.05, 0) is 42.8 Å². The molecule has 0 saturated carbocycles. The van der Waals surface area contributed by atoms with E-state index in [1.807, 2.05) is 0 Å². The van der Waals surface area contributed by atoms with Crippen LogP contribution in [0.25, 0.3) is 34.6 Å². The van der Waals surface area contributed by atoms with Gasteiger partial charge in [0.05, 0.1) is 44.2 Å². The quantitative estimate of drug-likeness (QED) is 0.0768. The van der Waals surface area contributed by atoms with Crippen molar-refractivity contribution in [3.05, 3.63) is 80.7 Å². The molecule has 3 aliphatic rings. The topological polar surface area (TPSA) is 228 Å². The van der Waals surface area contributed by atoms with Gasteiger partial charge < -0.3 is 39.6 Å². The Labute approximate surface area is 312 Å². The molecule has 4 rings (SSSR count). The van der Waals surface area contributed by atoms with E-state index < -0.39 is 29.7 Å². The first-order valence-corrected chi connectivity index (χ1v) is 17.9. The van der Waals surface area contributed by atoms with Crippen molar-refractivity contribution in [2.45, 2.75) is 26.2 Å². The van der Waals surface area contributed by atoms with E-state index >= 15 is 0 Å². The fraction of sp³-hybridized carbons (Fsp3) is 0.324. The lowest BCUT2D eigenvalue weighted by atomic mass is 9.90. The van der Waals surface area contributed by atoms with Gasteiger partial charge in [0.2, 0.25) is 5.91 Å². The van der Waals surface area contributed by atoms with E-state index in [4.69, 9.17) is 18.7 Å². The minimum Gasteiger partial charge on any atom is -0.508 e. The molecule has 1 saturated heterocycles. The van der Waals surface area contributed by atoms with Crippen LogP contribution in [0.15, 0.2) is 57.9 Å². The predicted molar refractivity (Wildman–Crippen MR) is 196 cm³/mol. The Bertz CT molecular complexity index is 2060. The number of rotatable bonds is 19. The number of amides is 4. The minimum atomic E-state index is -1.24. The van der Waals surface area contributed by atoms with Crippen LogP contribution in [0.2, 0.25) is 0 Å². The van der Waals surface area contributed by atoms with Crippen molar-refractivity contribution in [1.29, 1.82) is 0 Å². The Morgan fingerprint density at radius 3 is 2.26 bits per heavy atom. The van der Waals surface area contributed by atoms with Crippen LogP contribution in [0.4, 0.5) is 0 Å². The van der Waals surface area contributed by atoms with Crippen molar-refractivity contribution in [2.75, 3.05) is 51.0 Å². The van der Waals surface area contributed by atoms with Crippen LogP contribution in [0, 0.1) is 0 Å². The van der Waals surface area contributed by atoms with Gasteiger partial charge in [-0.15, -0.1) is 5.06 Å². The summed E-state index contributed by atoms with van der Waals surface area (Å²) in [4.78, 5) is 89.1. The number of allylic oxidation sites excluding steroid dienone is 1. The first kappa shape index (κ1) is 41.0. The van der Waals surface area contributed by atoms with E-state index in [1.165, 1.54) is 54.2 Å². The summed E-state index contributed by atoms with van der Waals surface area (Å²) in [6, 6.07) is 8.22. The number of carboxylic acids is 1. The zero-order chi connectivity index (χ0) is 39.2. The molecular weight excluding hydrogens is 726 g/mol. The van der Waals surface area contributed by atoms with E-state index in [0.717, 1.165) is 0 Å². The number of hydrogen-bond donors (Lipinski definition) is 4. The number of aromatic carboxylic acids is 1. The number of hydroxylamine groups is 2. The number of aliphatic hydroxyl groups is 1. The number of carboxylic acid groups (broad SMARTS) is 1. The lowest BCUT2D eigenvalue weighted by molar-refractivity contribution is -0.197. The molecule has 0 atom stereocenters. The van der Waals surface area contributed by atoms with Gasteiger partial charge in [0.25, 0.3) is 17.7 Å². The maximum Gasteiger partial charge on any atom is 0.336 e. The number of thioether (sulfide) groups is 1. The molecule has 1 fully saturated rings. The fourth-order valence-electron chi connectivity index (χ4n) is 5.25. The highest BCUT2D eigenvalue weighted by molar-refractivity contribution is 7.99. The van der Waals surface area contributed by atoms with Gasteiger partial charge in [0.1, 0.15) is 16.9 Å². The van der Waals surface area contributed by atoms with Crippen molar-refractivity contribution in [1.82, 2.24) is 15.7 Å². The standard InChI is InChI=1S/C37H39N3O13S/c1-3-25-29(18-22(2)41)52-30-20-24(42)5-7-27(30)35(25)28-19-23(4-6-26(28)37(48)49)36(47)39-12-14-51-16-15-50-13-11-38-31(43)21-54-17-10-34(46)53-40-32(44)8-9-33(40)45/h3-7,18-20,41H,2,8-17,21H2,1H3,(H,38,43)(H,39,47)(H,48,49)/b25-3+,29-18+. The SMILES string of the molecule is C=C(O)/C=c1/oc2cc(=O)ccc-2c(-c2cc(C(=O)NCCOCCOCCNC(=O)CSCCC(=O)ON3C(=O)CCC3=O)ccc2C(=O)O)/c1=C/C. The average Bonchev–Trinajstić information content (AvgIpc) is 3.44. The smallest absolute Gasteiger partial charge is 0.336 e. The summed E-state index contributed by atoms with van der Waals surface area (Å²) in [5, 5.41) is 26.2. The average molecular weight is 766 g/mol. The monoisotopic (exact) mass is 765 g/mol. The summed E-state index contributed by atoms with van der Waals surface area (Å²) >= 11 is 1.19. The first-order chi connectivity index (χ1) is 25.9. The van der Waals surface area contributed by atoms with Crippen molar-refractivity contribution in [2.24, 2.45) is 0 Å². The summed E-state index contributed by atoms with van der Waals surface area (Å²) in [6.07, 6.45) is 2.87. The van der Waals surface area contributed by atoms with Gasteiger partial charge >= 0.3 is 11.9 Å². The number of aliphatic hydroxyl groups excluding tert-OH is 1. The van der Waals surface area contributed by atoms with E-state index in [-0.39, 0.29) is 115 Å². The Balaban J connectivity index is 1.19. The highest BCUT2D eigenvalue weighted by Gasteiger charge is 2.32. The van der Waals surface area contributed by atoms with Gasteiger partial charge in [-0.1, -0.05) is 12.7 Å². The second-order valence-electron chi connectivity index (χ2n) is 11.6. The third-order valence-electron chi connectivity index (χ3n) is 7.70. The third kappa shape index (κ3) is 11.4. The fourth-order valence-corrected chi connectivity index (χ4v) is 5.99. The Hall–Kier alpha value is -5.78. The number of nitrogens with one attached hydrogen (secondary N) is 2. The van der Waals surface area contributed by atoms with Gasteiger partial charge in [0.15, 0.2) is 5.43 Å². The third-order valence-corrected chi connectivity index (χ3v) is 8.66. The van der Waals surface area contributed by atoms with Gasteiger partial charge in [-0.2, -0.15) is 11.8 Å². The molecule has 1 aromatic carbocycles. The Morgan fingerprint density at radius 1 is 0.926 bits per heavy atom. The van der Waals surface area contributed by atoms with E-state index in [2.05, 4.69) is 17.2 Å². The minimum absolute atomic E-state index is 0.0145. The summed E-state index contributed by atoms with van der Waals surface area (Å²) in [5.74, 6) is -3.63. The van der Waals surface area contributed by atoms with Crippen LogP contribution in [-0.2, 0) is 33.5 Å². The molecule has 1 aliphatic carbocycles. The van der Waals surface area contributed by atoms with E-state index in [9.17, 15) is 43.8 Å². The number of carbonyl (C=O) groups is 6. The Kier molecular flexibility index (Phi) is 15.1. The predicted octanol–water partition coefficient (Wildman–Crippen LogP) is 1.37. The maximum atomic E-state index is 13.1. The molecule has 0 spiro atoms. The molecular formula is C37H39N3O13S. The molecule has 286 valence electrons. The molecule has 16 nitrogen and oxygen atoms in total. The molecule has 4 amide bonds. The van der Waals surface area contributed by atoms with Crippen LogP contribution in [-0.4, -0.2) is 102 Å². The van der Waals surface area contributed by atoms with Gasteiger partial charge in [-0.3, -0.25) is 24.0 Å². The second-order valence-corrected chi connectivity index (χ2v) is 12.7. The summed E-state index contributed by atoms with van der Waals surface area (Å²) in [7, 11) is 0. The summed E-state index contributed by atoms with van der Waals surface area (Å²) < 4.78 is 16.8. The first-order valence-electron chi connectivity index (χ1n) is 16.7. The maximum absolute atomic E-state index is 13.1. The largest absolute Gasteiger partial charge is 0.508 e. The molecule has 1 aromatic rings. The zero-order valence-corrected chi connectivity index (χ0v) is 30.2. The number of ether oxygens (including phenoxy) is 2. The zero-order valence-electron chi connectivity index (χ0n) is 29.3. The van der Waals surface area contributed by atoms with Crippen molar-refractivity contribution >= 4 is 59.5 Å². The molecule has 2 aliphatic heterocycles. The second kappa shape index (κ2) is 19.9. The lowest BCUT2D eigenvalue weighted by Gasteiger charge is -2.16. The molecule has 4 N–H and O–H groups in total. The molecule has 0 aromatic heterocycles. The van der Waals surface area contributed by atoms with Crippen molar-refractivity contribution in [3.8, 4) is 22.5 Å². The van der Waals surface area contributed by atoms with Crippen molar-refractivity contribution < 1.29 is 57.7 Å². The molecule has 17 heteroatoms. The summed E-state index contributed by atoms with van der Waals surface area (Å²) in [6.45, 7) is 6.38. The number of imide groups is 1. The normalized spacial score (nSPS) is 13.4. The number of fused-ring (bicyclic) bond motifs is 1. The number of benzene rings is 2. The van der Waals surface area contributed by atoms with Crippen LogP contribution >= 0.6 is 11.8 Å². The summed E-state index contributed by atoms with van der Waals surface area (Å²) in [5.41, 5.74) is 0.862. The van der Waals surface area contributed by atoms with Crippen LogP contribution < -0.4 is 26.7 Å². The van der Waals surface area contributed by atoms with Gasteiger partial charge in [0, 0.05) is 65.7 Å². The lowest BCUT2D eigenvalue weighted by Crippen LogP contribution is -2.32. The highest BCUT2D eigenvalue weighted by atomic mass is 32.2. The number of carbonyl (C=O) groups excluding carboxylic acids is 5. The highest BCUT2D eigenvalue weighted by Crippen LogP contribution is 2.32.